The highest BCUT2D eigenvalue weighted by molar-refractivity contribution is 5.70. The van der Waals surface area contributed by atoms with E-state index in [1.165, 1.54) is 161 Å². The number of carbonyl (C=O) groups is 2. The molecule has 0 aliphatic heterocycles. The van der Waals surface area contributed by atoms with Crippen molar-refractivity contribution in [3.63, 3.8) is 0 Å². The van der Waals surface area contributed by atoms with E-state index in [4.69, 9.17) is 14.2 Å². The second-order valence-electron chi connectivity index (χ2n) is 15.3. The molecule has 52 heavy (non-hydrogen) atoms. The van der Waals surface area contributed by atoms with E-state index in [-0.39, 0.29) is 18.5 Å². The fourth-order valence-electron chi connectivity index (χ4n) is 6.54. The molecule has 0 aromatic carbocycles. The summed E-state index contributed by atoms with van der Waals surface area (Å²) < 4.78 is 17.3. The van der Waals surface area contributed by atoms with E-state index in [9.17, 15) is 9.59 Å². The van der Waals surface area contributed by atoms with Crippen LogP contribution >= 0.6 is 0 Å². The van der Waals surface area contributed by atoms with E-state index < -0.39 is 6.10 Å². The number of esters is 2. The minimum Gasteiger partial charge on any atom is -0.462 e. The van der Waals surface area contributed by atoms with Gasteiger partial charge in [0.05, 0.1) is 6.61 Å². The van der Waals surface area contributed by atoms with Gasteiger partial charge in [-0.25, -0.2) is 0 Å². The monoisotopic (exact) mass is 733 g/mol. The van der Waals surface area contributed by atoms with Gasteiger partial charge < -0.3 is 14.2 Å². The van der Waals surface area contributed by atoms with Crippen molar-refractivity contribution in [3.8, 4) is 0 Å². The summed E-state index contributed by atoms with van der Waals surface area (Å²) in [5.41, 5.74) is 0. The predicted octanol–water partition coefficient (Wildman–Crippen LogP) is 14.9. The molecular weight excluding hydrogens is 645 g/mol. The SMILES string of the molecule is CCCCC/C=C\C/C=C\CCCCCCCCCCOCC(COC(=O)CCCCCCCCCCC)OC(=O)CCCCCCCCCCC. The molecule has 0 spiro atoms. The van der Waals surface area contributed by atoms with Crippen molar-refractivity contribution in [3.05, 3.63) is 24.3 Å². The first-order valence-corrected chi connectivity index (χ1v) is 22.9. The molecule has 0 heterocycles. The molecule has 5 heteroatoms. The van der Waals surface area contributed by atoms with E-state index in [1.807, 2.05) is 0 Å². The van der Waals surface area contributed by atoms with Crippen LogP contribution in [0.3, 0.4) is 0 Å². The fraction of sp³-hybridized carbons (Fsp3) is 0.872. The first-order valence-electron chi connectivity index (χ1n) is 22.9. The standard InChI is InChI=1S/C47H88O5/c1-4-7-10-13-16-19-20-21-22-23-24-25-26-27-30-33-36-39-42-50-43-45(52-47(49)41-38-35-32-29-18-15-12-9-6-3)44-51-46(48)40-37-34-31-28-17-14-11-8-5-2/h16,19,21-22,45H,4-15,17-18,20,23-44H2,1-3H3/b19-16-,22-21-. The lowest BCUT2D eigenvalue weighted by Gasteiger charge is -2.18. The van der Waals surface area contributed by atoms with Crippen LogP contribution in [0.5, 0.6) is 0 Å². The molecule has 0 N–H and O–H groups in total. The minimum atomic E-state index is -0.528. The minimum absolute atomic E-state index is 0.0890. The van der Waals surface area contributed by atoms with Gasteiger partial charge in [0.15, 0.2) is 6.10 Å². The Kier molecular flexibility index (Phi) is 42.4. The maximum Gasteiger partial charge on any atom is 0.306 e. The summed E-state index contributed by atoms with van der Waals surface area (Å²) in [6.45, 7) is 7.78. The molecule has 1 unspecified atom stereocenters. The highest BCUT2D eigenvalue weighted by Gasteiger charge is 2.17. The Morgan fingerprint density at radius 2 is 0.808 bits per heavy atom. The van der Waals surface area contributed by atoms with Gasteiger partial charge in [-0.2, -0.15) is 0 Å². The van der Waals surface area contributed by atoms with Gasteiger partial charge in [-0.1, -0.05) is 199 Å². The second-order valence-corrected chi connectivity index (χ2v) is 15.3. The largest absolute Gasteiger partial charge is 0.462 e. The van der Waals surface area contributed by atoms with E-state index in [0.29, 0.717) is 26.1 Å². The van der Waals surface area contributed by atoms with Crippen LogP contribution in [0.4, 0.5) is 0 Å². The molecule has 1 atom stereocenters. The number of unbranched alkanes of at least 4 members (excludes halogenated alkanes) is 27. The van der Waals surface area contributed by atoms with Crippen LogP contribution in [-0.2, 0) is 23.8 Å². The molecule has 0 amide bonds. The normalized spacial score (nSPS) is 12.3. The first kappa shape index (κ1) is 50.4. The Morgan fingerprint density at radius 3 is 1.31 bits per heavy atom. The van der Waals surface area contributed by atoms with Crippen LogP contribution in [0.15, 0.2) is 24.3 Å². The number of allylic oxidation sites excluding steroid dienone is 4. The molecule has 5 nitrogen and oxygen atoms in total. The summed E-state index contributed by atoms with van der Waals surface area (Å²) in [7, 11) is 0. The van der Waals surface area contributed by atoms with Crippen molar-refractivity contribution < 1.29 is 23.8 Å². The van der Waals surface area contributed by atoms with Gasteiger partial charge in [0, 0.05) is 19.4 Å². The van der Waals surface area contributed by atoms with E-state index >= 15 is 0 Å². The van der Waals surface area contributed by atoms with E-state index in [0.717, 1.165) is 44.9 Å². The molecule has 0 saturated heterocycles. The molecule has 0 fully saturated rings. The molecule has 0 rings (SSSR count). The molecule has 0 bridgehead atoms. The fourth-order valence-corrected chi connectivity index (χ4v) is 6.54. The van der Waals surface area contributed by atoms with E-state index in [1.54, 1.807) is 0 Å². The van der Waals surface area contributed by atoms with Crippen molar-refractivity contribution in [2.24, 2.45) is 0 Å². The number of rotatable bonds is 42. The van der Waals surface area contributed by atoms with Gasteiger partial charge in [0.1, 0.15) is 6.61 Å². The zero-order valence-corrected chi connectivity index (χ0v) is 35.1. The molecular formula is C47H88O5. The lowest BCUT2D eigenvalue weighted by molar-refractivity contribution is -0.163. The smallest absolute Gasteiger partial charge is 0.306 e. The summed E-state index contributed by atoms with van der Waals surface area (Å²) in [6, 6.07) is 0. The topological polar surface area (TPSA) is 61.8 Å². The van der Waals surface area contributed by atoms with Crippen LogP contribution in [-0.4, -0.2) is 37.9 Å². The quantitative estimate of drug-likeness (QED) is 0.0355. The molecule has 0 aromatic rings. The van der Waals surface area contributed by atoms with Gasteiger partial charge in [-0.15, -0.1) is 0 Å². The zero-order chi connectivity index (χ0) is 37.8. The van der Waals surface area contributed by atoms with Crippen LogP contribution in [0.1, 0.15) is 239 Å². The summed E-state index contributed by atoms with van der Waals surface area (Å²) in [6.07, 6.45) is 48.9. The summed E-state index contributed by atoms with van der Waals surface area (Å²) in [5, 5.41) is 0. The highest BCUT2D eigenvalue weighted by Crippen LogP contribution is 2.14. The second kappa shape index (κ2) is 43.8. The lowest BCUT2D eigenvalue weighted by atomic mass is 10.1. The van der Waals surface area contributed by atoms with Crippen LogP contribution in [0.2, 0.25) is 0 Å². The number of ether oxygens (including phenoxy) is 3. The van der Waals surface area contributed by atoms with Gasteiger partial charge >= 0.3 is 11.9 Å². The third-order valence-electron chi connectivity index (χ3n) is 9.99. The Balaban J connectivity index is 4.14. The van der Waals surface area contributed by atoms with Crippen molar-refractivity contribution >= 4 is 11.9 Å². The third-order valence-corrected chi connectivity index (χ3v) is 9.99. The van der Waals surface area contributed by atoms with Crippen molar-refractivity contribution in [1.82, 2.24) is 0 Å². The average Bonchev–Trinajstić information content (AvgIpc) is 3.14. The number of hydrogen-bond donors (Lipinski definition) is 0. The predicted molar refractivity (Wildman–Crippen MR) is 224 cm³/mol. The van der Waals surface area contributed by atoms with E-state index in [2.05, 4.69) is 45.1 Å². The van der Waals surface area contributed by atoms with Crippen molar-refractivity contribution in [1.29, 1.82) is 0 Å². The Morgan fingerprint density at radius 1 is 0.423 bits per heavy atom. The van der Waals surface area contributed by atoms with Crippen LogP contribution < -0.4 is 0 Å². The Hall–Kier alpha value is -1.62. The Labute approximate surface area is 324 Å². The summed E-state index contributed by atoms with van der Waals surface area (Å²) in [5.74, 6) is -0.395. The lowest BCUT2D eigenvalue weighted by Crippen LogP contribution is -2.30. The summed E-state index contributed by atoms with van der Waals surface area (Å²) >= 11 is 0. The van der Waals surface area contributed by atoms with Gasteiger partial charge in [-0.3, -0.25) is 9.59 Å². The zero-order valence-electron chi connectivity index (χ0n) is 35.1. The number of hydrogen-bond acceptors (Lipinski definition) is 5. The highest BCUT2D eigenvalue weighted by atomic mass is 16.6. The number of carbonyl (C=O) groups excluding carboxylic acids is 2. The molecule has 0 aliphatic rings. The molecule has 306 valence electrons. The molecule has 0 radical (unpaired) electrons. The molecule has 0 saturated carbocycles. The Bertz CT molecular complexity index is 791. The van der Waals surface area contributed by atoms with Gasteiger partial charge in [0.25, 0.3) is 0 Å². The maximum atomic E-state index is 12.6. The molecule has 0 aliphatic carbocycles. The average molecular weight is 733 g/mol. The van der Waals surface area contributed by atoms with Crippen LogP contribution in [0, 0.1) is 0 Å². The third kappa shape index (κ3) is 41.1. The molecule has 0 aromatic heterocycles. The van der Waals surface area contributed by atoms with Gasteiger partial charge in [0.2, 0.25) is 0 Å². The van der Waals surface area contributed by atoms with Gasteiger partial charge in [-0.05, 0) is 51.4 Å². The van der Waals surface area contributed by atoms with Crippen LogP contribution in [0.25, 0.3) is 0 Å². The summed E-state index contributed by atoms with van der Waals surface area (Å²) in [4.78, 5) is 25.1. The van der Waals surface area contributed by atoms with Crippen molar-refractivity contribution in [2.45, 2.75) is 245 Å². The maximum absolute atomic E-state index is 12.6. The first-order chi connectivity index (χ1) is 25.6. The van der Waals surface area contributed by atoms with Crippen molar-refractivity contribution in [2.75, 3.05) is 19.8 Å².